The topological polar surface area (TPSA) is 110 Å². The van der Waals surface area contributed by atoms with Gasteiger partial charge in [0.25, 0.3) is 0 Å². The lowest BCUT2D eigenvalue weighted by Gasteiger charge is -2.08. The lowest BCUT2D eigenvalue weighted by Crippen LogP contribution is -2.06. The fourth-order valence-corrected chi connectivity index (χ4v) is 1.60. The first-order chi connectivity index (χ1) is 10.2. The average Bonchev–Trinajstić information content (AvgIpc) is 2.98. The smallest absolute Gasteiger partial charge is 0.358 e. The van der Waals surface area contributed by atoms with Crippen LogP contribution in [0.25, 0.3) is 5.69 Å². The highest BCUT2D eigenvalue weighted by molar-refractivity contribution is 5.84. The van der Waals surface area contributed by atoms with Crippen molar-refractivity contribution < 1.29 is 19.4 Å². The minimum atomic E-state index is -1.17. The van der Waals surface area contributed by atoms with E-state index in [1.165, 1.54) is 10.9 Å². The monoisotopic (exact) mass is 288 g/mol. The van der Waals surface area contributed by atoms with Gasteiger partial charge in [-0.05, 0) is 18.2 Å². The highest BCUT2D eigenvalue weighted by Crippen LogP contribution is 2.21. The Kier molecular flexibility index (Phi) is 4.48. The number of carboxylic acids is 1. The molecule has 1 heterocycles. The number of carbonyl (C=O) groups is 1. The summed E-state index contributed by atoms with van der Waals surface area (Å²) in [5.41, 5.74) is 0.663. The molecule has 0 aliphatic rings. The molecule has 2 rings (SSSR count). The van der Waals surface area contributed by atoms with Crippen LogP contribution in [0.3, 0.4) is 0 Å². The van der Waals surface area contributed by atoms with E-state index < -0.39 is 5.97 Å². The summed E-state index contributed by atoms with van der Waals surface area (Å²) in [5.74, 6) is -0.738. The van der Waals surface area contributed by atoms with Crippen LogP contribution >= 0.6 is 0 Å². The van der Waals surface area contributed by atoms with Gasteiger partial charge in [-0.25, -0.2) is 9.48 Å². The van der Waals surface area contributed by atoms with Crippen LogP contribution in [0, 0.1) is 11.3 Å². The number of hydrogen-bond acceptors (Lipinski definition) is 6. The molecule has 0 amide bonds. The van der Waals surface area contributed by atoms with E-state index in [2.05, 4.69) is 10.3 Å². The van der Waals surface area contributed by atoms with Crippen LogP contribution < -0.4 is 4.74 Å². The molecule has 21 heavy (non-hydrogen) atoms. The maximum atomic E-state index is 10.8. The zero-order valence-corrected chi connectivity index (χ0v) is 11.2. The molecule has 0 saturated carbocycles. The summed E-state index contributed by atoms with van der Waals surface area (Å²) < 4.78 is 11.6. The Bertz CT molecular complexity index is 690. The Morgan fingerprint density at radius 3 is 2.90 bits per heavy atom. The molecule has 0 aliphatic carbocycles. The first kappa shape index (κ1) is 14.5. The van der Waals surface area contributed by atoms with Crippen molar-refractivity contribution in [3.63, 3.8) is 0 Å². The predicted octanol–water partition coefficient (Wildman–Crippen LogP) is 0.862. The lowest BCUT2D eigenvalue weighted by molar-refractivity contribution is 0.0690. The molecule has 0 saturated heterocycles. The molecule has 0 aliphatic heterocycles. The molecule has 0 fully saturated rings. The van der Waals surface area contributed by atoms with Crippen molar-refractivity contribution in [1.29, 1.82) is 5.26 Å². The van der Waals surface area contributed by atoms with E-state index in [0.717, 1.165) is 0 Å². The maximum Gasteiger partial charge on any atom is 0.358 e. The first-order valence-electron chi connectivity index (χ1n) is 5.97. The van der Waals surface area contributed by atoms with Gasteiger partial charge in [-0.15, -0.1) is 5.10 Å². The van der Waals surface area contributed by atoms with Crippen LogP contribution in [-0.2, 0) is 4.74 Å². The summed E-state index contributed by atoms with van der Waals surface area (Å²) >= 11 is 0. The van der Waals surface area contributed by atoms with Crippen molar-refractivity contribution in [1.82, 2.24) is 15.0 Å². The lowest BCUT2D eigenvalue weighted by atomic mass is 10.2. The molecule has 1 N–H and O–H groups in total. The van der Waals surface area contributed by atoms with Crippen molar-refractivity contribution in [2.75, 3.05) is 20.3 Å². The van der Waals surface area contributed by atoms with E-state index in [1.807, 2.05) is 6.07 Å². The minimum absolute atomic E-state index is 0.172. The number of aromatic carboxylic acids is 1. The zero-order chi connectivity index (χ0) is 15.2. The van der Waals surface area contributed by atoms with Gasteiger partial charge in [-0.3, -0.25) is 0 Å². The van der Waals surface area contributed by atoms with Crippen molar-refractivity contribution in [3.8, 4) is 17.5 Å². The fourth-order valence-electron chi connectivity index (χ4n) is 1.60. The van der Waals surface area contributed by atoms with Crippen LogP contribution in [0.15, 0.2) is 24.4 Å². The fraction of sp³-hybridized carbons (Fsp3) is 0.231. The molecule has 2 aromatic rings. The number of hydrogen-bond donors (Lipinski definition) is 1. The molecule has 0 radical (unpaired) electrons. The van der Waals surface area contributed by atoms with Gasteiger partial charge < -0.3 is 14.6 Å². The number of ether oxygens (including phenoxy) is 2. The molecular formula is C13H12N4O4. The number of nitriles is 1. The SMILES string of the molecule is COCCOc1ccc(-n2cc(C(=O)O)nn2)cc1C#N. The number of nitrogens with zero attached hydrogens (tertiary/aromatic N) is 4. The summed E-state index contributed by atoms with van der Waals surface area (Å²) in [4.78, 5) is 10.8. The van der Waals surface area contributed by atoms with Crippen molar-refractivity contribution in [3.05, 3.63) is 35.7 Å². The van der Waals surface area contributed by atoms with E-state index in [4.69, 9.17) is 19.8 Å². The van der Waals surface area contributed by atoms with E-state index in [1.54, 1.807) is 25.3 Å². The van der Waals surface area contributed by atoms with Gasteiger partial charge in [-0.2, -0.15) is 5.26 Å². The highest BCUT2D eigenvalue weighted by atomic mass is 16.5. The number of carboxylic acid groups (broad SMARTS) is 1. The molecule has 1 aromatic heterocycles. The van der Waals surface area contributed by atoms with Gasteiger partial charge >= 0.3 is 5.97 Å². The third kappa shape index (κ3) is 3.34. The minimum Gasteiger partial charge on any atom is -0.490 e. The largest absolute Gasteiger partial charge is 0.490 e. The Hall–Kier alpha value is -2.92. The van der Waals surface area contributed by atoms with Gasteiger partial charge in [-0.1, -0.05) is 5.21 Å². The van der Waals surface area contributed by atoms with Gasteiger partial charge in [0.2, 0.25) is 0 Å². The second-order valence-electron chi connectivity index (χ2n) is 3.99. The first-order valence-corrected chi connectivity index (χ1v) is 5.97. The van der Waals surface area contributed by atoms with Gasteiger partial charge in [0, 0.05) is 7.11 Å². The quantitative estimate of drug-likeness (QED) is 0.785. The molecule has 108 valence electrons. The van der Waals surface area contributed by atoms with Crippen molar-refractivity contribution in [2.45, 2.75) is 0 Å². The third-order valence-electron chi connectivity index (χ3n) is 2.61. The predicted molar refractivity (Wildman–Crippen MR) is 70.4 cm³/mol. The second-order valence-corrected chi connectivity index (χ2v) is 3.99. The molecule has 0 atom stereocenters. The van der Waals surface area contributed by atoms with Gasteiger partial charge in [0.15, 0.2) is 5.69 Å². The molecule has 1 aromatic carbocycles. The van der Waals surface area contributed by atoms with Crippen LogP contribution in [0.1, 0.15) is 16.1 Å². The zero-order valence-electron chi connectivity index (χ0n) is 11.2. The van der Waals surface area contributed by atoms with E-state index in [-0.39, 0.29) is 5.69 Å². The number of methoxy groups -OCH3 is 1. The Balaban J connectivity index is 2.25. The summed E-state index contributed by atoms with van der Waals surface area (Å²) in [5, 5.41) is 25.2. The normalized spacial score (nSPS) is 10.1. The van der Waals surface area contributed by atoms with Crippen LogP contribution in [0.2, 0.25) is 0 Å². The standard InChI is InChI=1S/C13H12N4O4/c1-20-4-5-21-12-3-2-10(6-9(12)7-14)17-8-11(13(18)19)15-16-17/h2-3,6,8H,4-5H2,1H3,(H,18,19). The van der Waals surface area contributed by atoms with E-state index in [9.17, 15) is 4.79 Å². The Morgan fingerprint density at radius 1 is 1.48 bits per heavy atom. The number of rotatable bonds is 6. The Labute approximate surface area is 120 Å². The number of benzene rings is 1. The summed E-state index contributed by atoms with van der Waals surface area (Å²) in [6, 6.07) is 6.84. The molecule has 8 heteroatoms. The summed E-state index contributed by atoms with van der Waals surface area (Å²) in [6.07, 6.45) is 1.27. The second kappa shape index (κ2) is 6.49. The molecule has 0 bridgehead atoms. The summed E-state index contributed by atoms with van der Waals surface area (Å²) in [6.45, 7) is 0.745. The number of aromatic nitrogens is 3. The third-order valence-corrected chi connectivity index (χ3v) is 2.61. The van der Waals surface area contributed by atoms with E-state index in [0.29, 0.717) is 30.2 Å². The van der Waals surface area contributed by atoms with Crippen LogP contribution in [0.5, 0.6) is 5.75 Å². The molecule has 0 spiro atoms. The highest BCUT2D eigenvalue weighted by Gasteiger charge is 2.11. The van der Waals surface area contributed by atoms with Crippen molar-refractivity contribution in [2.24, 2.45) is 0 Å². The summed E-state index contributed by atoms with van der Waals surface area (Å²) in [7, 11) is 1.56. The van der Waals surface area contributed by atoms with E-state index >= 15 is 0 Å². The Morgan fingerprint density at radius 2 is 2.29 bits per heavy atom. The van der Waals surface area contributed by atoms with Crippen molar-refractivity contribution >= 4 is 5.97 Å². The molecular weight excluding hydrogens is 276 g/mol. The molecule has 0 unspecified atom stereocenters. The van der Waals surface area contributed by atoms with Crippen LogP contribution in [-0.4, -0.2) is 46.4 Å². The van der Waals surface area contributed by atoms with Gasteiger partial charge in [0.05, 0.1) is 24.1 Å². The molecule has 8 nitrogen and oxygen atoms in total. The maximum absolute atomic E-state index is 10.8. The average molecular weight is 288 g/mol. The van der Waals surface area contributed by atoms with Crippen LogP contribution in [0.4, 0.5) is 0 Å². The van der Waals surface area contributed by atoms with Gasteiger partial charge in [0.1, 0.15) is 18.4 Å².